The van der Waals surface area contributed by atoms with E-state index in [2.05, 4.69) is 0 Å². The number of benzene rings is 1. The smallest absolute Gasteiger partial charge is 0.312 e. The monoisotopic (exact) mass is 247 g/mol. The van der Waals surface area contributed by atoms with Crippen molar-refractivity contribution in [3.63, 3.8) is 0 Å². The molecule has 96 valence electrons. The SMILES string of the molecule is CC(C)(C)C(=O)N1CC(C(=O)O)c2ccccc21. The van der Waals surface area contributed by atoms with E-state index >= 15 is 0 Å². The van der Waals surface area contributed by atoms with Gasteiger partial charge in [-0.3, -0.25) is 9.59 Å². The second kappa shape index (κ2) is 4.12. The molecule has 0 bridgehead atoms. The first-order valence-corrected chi connectivity index (χ1v) is 5.96. The Bertz CT molecular complexity index is 502. The number of hydrogen-bond acceptors (Lipinski definition) is 2. The van der Waals surface area contributed by atoms with Crippen LogP contribution in [0.25, 0.3) is 0 Å². The van der Waals surface area contributed by atoms with Crippen LogP contribution in [-0.4, -0.2) is 23.5 Å². The zero-order valence-electron chi connectivity index (χ0n) is 10.8. The summed E-state index contributed by atoms with van der Waals surface area (Å²) in [5.41, 5.74) is 0.938. The van der Waals surface area contributed by atoms with Crippen LogP contribution in [0.5, 0.6) is 0 Å². The molecule has 0 radical (unpaired) electrons. The zero-order valence-corrected chi connectivity index (χ0v) is 10.8. The fraction of sp³-hybridized carbons (Fsp3) is 0.429. The second-order valence-electron chi connectivity index (χ2n) is 5.62. The minimum absolute atomic E-state index is 0.0429. The van der Waals surface area contributed by atoms with Crippen molar-refractivity contribution >= 4 is 17.6 Å². The first-order valence-electron chi connectivity index (χ1n) is 5.96. The fourth-order valence-corrected chi connectivity index (χ4v) is 2.22. The van der Waals surface area contributed by atoms with E-state index in [1.807, 2.05) is 32.9 Å². The van der Waals surface area contributed by atoms with Gasteiger partial charge in [-0.25, -0.2) is 0 Å². The van der Waals surface area contributed by atoms with Gasteiger partial charge in [0.05, 0.1) is 0 Å². The summed E-state index contributed by atoms with van der Waals surface area (Å²) < 4.78 is 0. The summed E-state index contributed by atoms with van der Waals surface area (Å²) in [6, 6.07) is 7.22. The van der Waals surface area contributed by atoms with E-state index < -0.39 is 17.3 Å². The number of hydrogen-bond donors (Lipinski definition) is 1. The fourth-order valence-electron chi connectivity index (χ4n) is 2.22. The molecule has 0 saturated heterocycles. The third-order valence-corrected chi connectivity index (χ3v) is 3.15. The van der Waals surface area contributed by atoms with E-state index in [9.17, 15) is 14.7 Å². The molecular formula is C14H17NO3. The molecule has 1 N–H and O–H groups in total. The summed E-state index contributed by atoms with van der Waals surface area (Å²) in [6.07, 6.45) is 0. The molecule has 1 atom stereocenters. The predicted octanol–water partition coefficient (Wildman–Crippen LogP) is 2.25. The van der Waals surface area contributed by atoms with Crippen LogP contribution in [0, 0.1) is 5.41 Å². The van der Waals surface area contributed by atoms with Gasteiger partial charge < -0.3 is 10.0 Å². The van der Waals surface area contributed by atoms with Gasteiger partial charge in [-0.15, -0.1) is 0 Å². The van der Waals surface area contributed by atoms with Gasteiger partial charge in [-0.05, 0) is 11.6 Å². The van der Waals surface area contributed by atoms with E-state index in [4.69, 9.17) is 0 Å². The molecule has 4 nitrogen and oxygen atoms in total. The Balaban J connectivity index is 2.43. The molecule has 4 heteroatoms. The molecule has 0 aliphatic carbocycles. The number of anilines is 1. The first-order chi connectivity index (χ1) is 8.32. The van der Waals surface area contributed by atoms with Gasteiger partial charge in [0, 0.05) is 17.6 Å². The molecule has 1 aliphatic heterocycles. The molecule has 0 saturated carbocycles. The van der Waals surface area contributed by atoms with Crippen molar-refractivity contribution in [3.8, 4) is 0 Å². The van der Waals surface area contributed by atoms with Crippen molar-refractivity contribution in [2.45, 2.75) is 26.7 Å². The average molecular weight is 247 g/mol. The summed E-state index contributed by atoms with van der Waals surface area (Å²) in [4.78, 5) is 25.2. The third-order valence-electron chi connectivity index (χ3n) is 3.15. The van der Waals surface area contributed by atoms with Gasteiger partial charge >= 0.3 is 5.97 Å². The number of carbonyl (C=O) groups excluding carboxylic acids is 1. The summed E-state index contributed by atoms with van der Waals surface area (Å²) in [7, 11) is 0. The number of carboxylic acids is 1. The quantitative estimate of drug-likeness (QED) is 0.828. The summed E-state index contributed by atoms with van der Waals surface area (Å²) in [5, 5.41) is 9.22. The molecule has 1 aromatic carbocycles. The average Bonchev–Trinajstić information content (AvgIpc) is 2.66. The van der Waals surface area contributed by atoms with Crippen LogP contribution in [0.4, 0.5) is 5.69 Å². The maximum Gasteiger partial charge on any atom is 0.312 e. The highest BCUT2D eigenvalue weighted by molar-refractivity contribution is 6.01. The lowest BCUT2D eigenvalue weighted by Gasteiger charge is -2.26. The van der Waals surface area contributed by atoms with Gasteiger partial charge in [-0.2, -0.15) is 0 Å². The maximum atomic E-state index is 12.3. The van der Waals surface area contributed by atoms with Crippen molar-refractivity contribution in [2.24, 2.45) is 5.41 Å². The lowest BCUT2D eigenvalue weighted by molar-refractivity contribution is -0.138. The van der Waals surface area contributed by atoms with Gasteiger partial charge in [0.1, 0.15) is 5.92 Å². The Kier molecular flexibility index (Phi) is 2.89. The maximum absolute atomic E-state index is 12.3. The molecule has 2 rings (SSSR count). The van der Waals surface area contributed by atoms with Crippen molar-refractivity contribution in [3.05, 3.63) is 29.8 Å². The van der Waals surface area contributed by atoms with Crippen LogP contribution in [0.1, 0.15) is 32.3 Å². The second-order valence-corrected chi connectivity index (χ2v) is 5.62. The van der Waals surface area contributed by atoms with Gasteiger partial charge in [0.25, 0.3) is 0 Å². The zero-order chi connectivity index (χ0) is 13.5. The van der Waals surface area contributed by atoms with E-state index in [0.29, 0.717) is 0 Å². The number of aliphatic carboxylic acids is 1. The topological polar surface area (TPSA) is 57.6 Å². The van der Waals surface area contributed by atoms with Crippen molar-refractivity contribution in [1.82, 2.24) is 0 Å². The molecule has 1 aromatic rings. The Labute approximate surface area is 106 Å². The third kappa shape index (κ3) is 1.98. The Morgan fingerprint density at radius 2 is 1.89 bits per heavy atom. The van der Waals surface area contributed by atoms with Gasteiger partial charge in [0.15, 0.2) is 0 Å². The normalized spacial score (nSPS) is 18.6. The molecule has 1 heterocycles. The Hall–Kier alpha value is -1.84. The molecule has 18 heavy (non-hydrogen) atoms. The highest BCUT2D eigenvalue weighted by Gasteiger charge is 2.39. The summed E-state index contributed by atoms with van der Waals surface area (Å²) in [5.74, 6) is -1.54. The van der Waals surface area contributed by atoms with E-state index in [1.54, 1.807) is 17.0 Å². The molecule has 0 fully saturated rings. The number of carbonyl (C=O) groups is 2. The largest absolute Gasteiger partial charge is 0.481 e. The molecule has 1 unspecified atom stereocenters. The Morgan fingerprint density at radius 1 is 1.28 bits per heavy atom. The number of carboxylic acid groups (broad SMARTS) is 1. The van der Waals surface area contributed by atoms with Crippen LogP contribution in [-0.2, 0) is 9.59 Å². The predicted molar refractivity (Wildman–Crippen MR) is 68.6 cm³/mol. The van der Waals surface area contributed by atoms with Gasteiger partial charge in [-0.1, -0.05) is 39.0 Å². The first kappa shape index (κ1) is 12.6. The van der Waals surface area contributed by atoms with E-state index in [0.717, 1.165) is 11.3 Å². The Morgan fingerprint density at radius 3 is 2.44 bits per heavy atom. The molecule has 0 aromatic heterocycles. The number of amides is 1. The van der Waals surface area contributed by atoms with Crippen molar-refractivity contribution in [2.75, 3.05) is 11.4 Å². The number of para-hydroxylation sites is 1. The number of fused-ring (bicyclic) bond motifs is 1. The lowest BCUT2D eigenvalue weighted by Crippen LogP contribution is -2.39. The van der Waals surface area contributed by atoms with Crippen LogP contribution in [0.15, 0.2) is 24.3 Å². The number of rotatable bonds is 1. The molecular weight excluding hydrogens is 230 g/mol. The molecule has 1 amide bonds. The standard InChI is InChI=1S/C14H17NO3/c1-14(2,3)13(18)15-8-10(12(16)17)9-6-4-5-7-11(9)15/h4-7,10H,8H2,1-3H3,(H,16,17). The highest BCUT2D eigenvalue weighted by atomic mass is 16.4. The lowest BCUT2D eigenvalue weighted by atomic mass is 9.94. The molecule has 0 spiro atoms. The van der Waals surface area contributed by atoms with Crippen LogP contribution < -0.4 is 4.90 Å². The van der Waals surface area contributed by atoms with E-state index in [1.165, 1.54) is 0 Å². The minimum atomic E-state index is -0.883. The van der Waals surface area contributed by atoms with Gasteiger partial charge in [0.2, 0.25) is 5.91 Å². The number of nitrogens with zero attached hydrogens (tertiary/aromatic N) is 1. The summed E-state index contributed by atoms with van der Waals surface area (Å²) >= 11 is 0. The van der Waals surface area contributed by atoms with E-state index in [-0.39, 0.29) is 12.5 Å². The van der Waals surface area contributed by atoms with Crippen molar-refractivity contribution in [1.29, 1.82) is 0 Å². The van der Waals surface area contributed by atoms with Crippen LogP contribution in [0.3, 0.4) is 0 Å². The minimum Gasteiger partial charge on any atom is -0.481 e. The highest BCUT2D eigenvalue weighted by Crippen LogP contribution is 2.38. The summed E-state index contributed by atoms with van der Waals surface area (Å²) in [6.45, 7) is 5.74. The molecule has 1 aliphatic rings. The van der Waals surface area contributed by atoms with Crippen molar-refractivity contribution < 1.29 is 14.7 Å². The van der Waals surface area contributed by atoms with Crippen LogP contribution >= 0.6 is 0 Å². The van der Waals surface area contributed by atoms with Crippen LogP contribution in [0.2, 0.25) is 0 Å².